The van der Waals surface area contributed by atoms with Gasteiger partial charge in [0.2, 0.25) is 15.9 Å². The molecule has 5 nitrogen and oxygen atoms in total. The van der Waals surface area contributed by atoms with Crippen molar-refractivity contribution in [1.29, 1.82) is 0 Å². The molecule has 0 radical (unpaired) electrons. The molecule has 146 valence electrons. The van der Waals surface area contributed by atoms with Crippen molar-refractivity contribution < 1.29 is 17.6 Å². The normalized spacial score (nSPS) is 13.7. The first-order valence-electron chi connectivity index (χ1n) is 8.63. The molecular formula is C20H25FN2O3S. The number of rotatable bonds is 6. The van der Waals surface area contributed by atoms with E-state index in [0.29, 0.717) is 0 Å². The first-order chi connectivity index (χ1) is 12.5. The Labute approximate surface area is 160 Å². The maximum absolute atomic E-state index is 13.6. The van der Waals surface area contributed by atoms with Crippen molar-refractivity contribution in [2.24, 2.45) is 0 Å². The third-order valence-corrected chi connectivity index (χ3v) is 5.65. The summed E-state index contributed by atoms with van der Waals surface area (Å²) in [6.07, 6.45) is 0.996. The zero-order chi connectivity index (χ0) is 20.4. The fourth-order valence-corrected chi connectivity index (χ4v) is 4.23. The molecule has 2 aromatic rings. The Bertz CT molecular complexity index is 944. The van der Waals surface area contributed by atoms with Gasteiger partial charge in [-0.3, -0.25) is 9.10 Å². The minimum Gasteiger partial charge on any atom is -0.348 e. The molecule has 2 aromatic carbocycles. The average molecular weight is 392 g/mol. The second-order valence-electron chi connectivity index (χ2n) is 6.80. The Morgan fingerprint density at radius 2 is 1.78 bits per heavy atom. The summed E-state index contributed by atoms with van der Waals surface area (Å²) in [6.45, 7) is 7.25. The van der Waals surface area contributed by atoms with E-state index >= 15 is 0 Å². The highest BCUT2D eigenvalue weighted by atomic mass is 32.2. The van der Waals surface area contributed by atoms with Crippen LogP contribution in [0.4, 0.5) is 10.1 Å². The van der Waals surface area contributed by atoms with E-state index in [1.165, 1.54) is 25.1 Å². The summed E-state index contributed by atoms with van der Waals surface area (Å²) in [5.74, 6) is -1.03. The zero-order valence-electron chi connectivity index (χ0n) is 16.2. The van der Waals surface area contributed by atoms with Crippen molar-refractivity contribution >= 4 is 21.6 Å². The van der Waals surface area contributed by atoms with Gasteiger partial charge in [0, 0.05) is 0 Å². The van der Waals surface area contributed by atoms with Gasteiger partial charge in [-0.05, 0) is 57.0 Å². The summed E-state index contributed by atoms with van der Waals surface area (Å²) >= 11 is 0. The number of anilines is 1. The third kappa shape index (κ3) is 5.07. The smallest absolute Gasteiger partial charge is 0.244 e. The number of aryl methyl sites for hydroxylation is 2. The van der Waals surface area contributed by atoms with Crippen molar-refractivity contribution in [1.82, 2.24) is 5.32 Å². The molecule has 0 spiro atoms. The minimum absolute atomic E-state index is 0.111. The van der Waals surface area contributed by atoms with Gasteiger partial charge in [-0.25, -0.2) is 12.8 Å². The van der Waals surface area contributed by atoms with Gasteiger partial charge < -0.3 is 5.32 Å². The highest BCUT2D eigenvalue weighted by Gasteiger charge is 2.30. The molecule has 0 heterocycles. The zero-order valence-corrected chi connectivity index (χ0v) is 17.0. The van der Waals surface area contributed by atoms with Crippen LogP contribution >= 0.6 is 0 Å². The number of benzene rings is 2. The second-order valence-corrected chi connectivity index (χ2v) is 8.66. The SMILES string of the molecule is Cc1ccc(C)c([C@@H](C)NC(=O)[C@H](C)N(c2cccc(F)c2)S(C)(=O)=O)c1. The molecule has 0 aliphatic rings. The van der Waals surface area contributed by atoms with E-state index in [0.717, 1.165) is 33.3 Å². The molecule has 0 fully saturated rings. The predicted molar refractivity (Wildman–Crippen MR) is 106 cm³/mol. The van der Waals surface area contributed by atoms with Gasteiger partial charge in [0.05, 0.1) is 18.0 Å². The highest BCUT2D eigenvalue weighted by Crippen LogP contribution is 2.23. The molecule has 2 rings (SSSR count). The number of amides is 1. The molecule has 1 amide bonds. The summed E-state index contributed by atoms with van der Waals surface area (Å²) in [4.78, 5) is 12.8. The van der Waals surface area contributed by atoms with Crippen LogP contribution in [0.2, 0.25) is 0 Å². The standard InChI is InChI=1S/C20H25FN2O3S/c1-13-9-10-14(2)19(11-13)15(3)22-20(24)16(4)23(27(5,25)26)18-8-6-7-17(21)12-18/h6-12,15-16H,1-5H3,(H,22,24)/t15-,16+/m1/s1. The van der Waals surface area contributed by atoms with E-state index in [2.05, 4.69) is 5.32 Å². The number of nitrogens with zero attached hydrogens (tertiary/aromatic N) is 1. The van der Waals surface area contributed by atoms with E-state index < -0.39 is 27.8 Å². The predicted octanol–water partition coefficient (Wildman–Crippen LogP) is 3.47. The fourth-order valence-electron chi connectivity index (χ4n) is 3.06. The number of carbonyl (C=O) groups excluding carboxylic acids is 1. The molecule has 0 aromatic heterocycles. The van der Waals surface area contributed by atoms with Gasteiger partial charge in [-0.1, -0.05) is 29.8 Å². The molecule has 0 saturated heterocycles. The first-order valence-corrected chi connectivity index (χ1v) is 10.5. The van der Waals surface area contributed by atoms with E-state index in [1.807, 2.05) is 39.0 Å². The van der Waals surface area contributed by atoms with Crippen molar-refractivity contribution in [3.63, 3.8) is 0 Å². The molecule has 7 heteroatoms. The summed E-state index contributed by atoms with van der Waals surface area (Å²) in [5.41, 5.74) is 3.18. The van der Waals surface area contributed by atoms with Gasteiger partial charge in [-0.2, -0.15) is 0 Å². The number of halogens is 1. The topological polar surface area (TPSA) is 66.5 Å². The molecule has 1 N–H and O–H groups in total. The Morgan fingerprint density at radius 3 is 2.37 bits per heavy atom. The summed E-state index contributed by atoms with van der Waals surface area (Å²) in [7, 11) is -3.79. The van der Waals surface area contributed by atoms with Crippen molar-refractivity contribution in [3.8, 4) is 0 Å². The van der Waals surface area contributed by atoms with Crippen LogP contribution in [-0.2, 0) is 14.8 Å². The van der Waals surface area contributed by atoms with Crippen LogP contribution in [0.5, 0.6) is 0 Å². The number of sulfonamides is 1. The lowest BCUT2D eigenvalue weighted by atomic mass is 10.00. The van der Waals surface area contributed by atoms with Gasteiger partial charge in [0.1, 0.15) is 11.9 Å². The lowest BCUT2D eigenvalue weighted by molar-refractivity contribution is -0.122. The van der Waals surface area contributed by atoms with Crippen LogP contribution in [0, 0.1) is 19.7 Å². The van der Waals surface area contributed by atoms with Crippen molar-refractivity contribution in [3.05, 3.63) is 65.0 Å². The Morgan fingerprint density at radius 1 is 1.11 bits per heavy atom. The van der Waals surface area contributed by atoms with Crippen molar-refractivity contribution in [2.45, 2.75) is 39.8 Å². The number of hydrogen-bond donors (Lipinski definition) is 1. The Balaban J connectivity index is 2.28. The van der Waals surface area contributed by atoms with Crippen LogP contribution in [-0.4, -0.2) is 26.6 Å². The average Bonchev–Trinajstić information content (AvgIpc) is 2.55. The largest absolute Gasteiger partial charge is 0.348 e. The maximum Gasteiger partial charge on any atom is 0.244 e. The maximum atomic E-state index is 13.6. The number of carbonyl (C=O) groups is 1. The molecule has 0 bridgehead atoms. The lowest BCUT2D eigenvalue weighted by Gasteiger charge is -2.29. The highest BCUT2D eigenvalue weighted by molar-refractivity contribution is 7.92. The summed E-state index contributed by atoms with van der Waals surface area (Å²) in [5, 5.41) is 2.86. The quantitative estimate of drug-likeness (QED) is 0.819. The second kappa shape index (κ2) is 8.08. The number of nitrogens with one attached hydrogen (secondary N) is 1. The Kier molecular flexibility index (Phi) is 6.26. The molecule has 27 heavy (non-hydrogen) atoms. The van der Waals surface area contributed by atoms with Crippen LogP contribution in [0.3, 0.4) is 0 Å². The van der Waals surface area contributed by atoms with Crippen LogP contribution in [0.15, 0.2) is 42.5 Å². The molecule has 0 saturated carbocycles. The molecule has 0 aliphatic heterocycles. The molecular weight excluding hydrogens is 367 g/mol. The van der Waals surface area contributed by atoms with E-state index in [4.69, 9.17) is 0 Å². The molecule has 0 aliphatic carbocycles. The monoisotopic (exact) mass is 392 g/mol. The lowest BCUT2D eigenvalue weighted by Crippen LogP contribution is -2.48. The Hall–Kier alpha value is -2.41. The minimum atomic E-state index is -3.79. The summed E-state index contributed by atoms with van der Waals surface area (Å²) < 4.78 is 39.0. The van der Waals surface area contributed by atoms with E-state index in [9.17, 15) is 17.6 Å². The van der Waals surface area contributed by atoms with E-state index in [1.54, 1.807) is 0 Å². The fraction of sp³-hybridized carbons (Fsp3) is 0.350. The van der Waals surface area contributed by atoms with Gasteiger partial charge in [0.25, 0.3) is 0 Å². The van der Waals surface area contributed by atoms with Crippen LogP contribution in [0.1, 0.15) is 36.6 Å². The van der Waals surface area contributed by atoms with Crippen LogP contribution < -0.4 is 9.62 Å². The molecule has 0 unspecified atom stereocenters. The van der Waals surface area contributed by atoms with Gasteiger partial charge >= 0.3 is 0 Å². The molecule has 2 atom stereocenters. The first kappa shape index (κ1) is 20.9. The van der Waals surface area contributed by atoms with E-state index in [-0.39, 0.29) is 11.7 Å². The van der Waals surface area contributed by atoms with Crippen molar-refractivity contribution in [2.75, 3.05) is 10.6 Å². The summed E-state index contributed by atoms with van der Waals surface area (Å²) in [6, 6.07) is 9.82. The van der Waals surface area contributed by atoms with Gasteiger partial charge in [-0.15, -0.1) is 0 Å². The van der Waals surface area contributed by atoms with Crippen LogP contribution in [0.25, 0.3) is 0 Å². The number of hydrogen-bond acceptors (Lipinski definition) is 3. The van der Waals surface area contributed by atoms with Gasteiger partial charge in [0.15, 0.2) is 0 Å². The third-order valence-electron chi connectivity index (χ3n) is 4.41.